The molecule has 2 amide bonds. The van der Waals surface area contributed by atoms with E-state index in [0.717, 1.165) is 16.0 Å². The first-order valence-electron chi connectivity index (χ1n) is 10.8. The van der Waals surface area contributed by atoms with Crippen LogP contribution in [0.2, 0.25) is 0 Å². The van der Waals surface area contributed by atoms with Crippen LogP contribution in [0.5, 0.6) is 17.2 Å². The van der Waals surface area contributed by atoms with E-state index in [9.17, 15) is 19.2 Å². The second-order valence-electron chi connectivity index (χ2n) is 8.23. The Hall–Kier alpha value is -4.72. The van der Waals surface area contributed by atoms with E-state index in [1.807, 2.05) is 32.0 Å². The average Bonchev–Trinajstić information content (AvgIpc) is 3.05. The number of carbonyl (C=O) groups is 3. The van der Waals surface area contributed by atoms with Gasteiger partial charge in [-0.2, -0.15) is 0 Å². The number of benzene rings is 3. The van der Waals surface area contributed by atoms with Gasteiger partial charge in [0.1, 0.15) is 29.9 Å². The molecule has 2 heterocycles. The maximum Gasteiger partial charge on any atom is 0.331 e. The SMILES string of the molecule is Cc1cc(C)cc(Oc2coc3cc(OC(=O)CN4C(=O)c5ccccc5C4=O)ccc3c2=O)c1. The van der Waals surface area contributed by atoms with E-state index >= 15 is 0 Å². The van der Waals surface area contributed by atoms with Crippen molar-refractivity contribution in [2.24, 2.45) is 0 Å². The topological polar surface area (TPSA) is 103 Å². The average molecular weight is 469 g/mol. The number of fused-ring (bicyclic) bond motifs is 2. The van der Waals surface area contributed by atoms with Gasteiger partial charge in [0.25, 0.3) is 11.8 Å². The summed E-state index contributed by atoms with van der Waals surface area (Å²) in [4.78, 5) is 51.0. The van der Waals surface area contributed by atoms with E-state index in [4.69, 9.17) is 13.9 Å². The van der Waals surface area contributed by atoms with E-state index in [1.54, 1.807) is 12.1 Å². The zero-order valence-electron chi connectivity index (χ0n) is 18.9. The van der Waals surface area contributed by atoms with Crippen molar-refractivity contribution in [3.8, 4) is 17.2 Å². The van der Waals surface area contributed by atoms with E-state index in [0.29, 0.717) is 5.75 Å². The van der Waals surface area contributed by atoms with Crippen LogP contribution < -0.4 is 14.9 Å². The van der Waals surface area contributed by atoms with Gasteiger partial charge in [0.15, 0.2) is 0 Å². The van der Waals surface area contributed by atoms with Gasteiger partial charge >= 0.3 is 5.97 Å². The van der Waals surface area contributed by atoms with Crippen LogP contribution in [0.25, 0.3) is 11.0 Å². The summed E-state index contributed by atoms with van der Waals surface area (Å²) in [5.74, 6) is -1.27. The summed E-state index contributed by atoms with van der Waals surface area (Å²) in [5, 5.41) is 0.243. The lowest BCUT2D eigenvalue weighted by Gasteiger charge is -2.13. The Labute approximate surface area is 199 Å². The van der Waals surface area contributed by atoms with Crippen molar-refractivity contribution in [1.29, 1.82) is 0 Å². The molecule has 1 aromatic heterocycles. The van der Waals surface area contributed by atoms with Crippen LogP contribution >= 0.6 is 0 Å². The summed E-state index contributed by atoms with van der Waals surface area (Å²) in [5.41, 5.74) is 2.30. The number of imide groups is 1. The first-order chi connectivity index (χ1) is 16.8. The molecule has 0 N–H and O–H groups in total. The van der Waals surface area contributed by atoms with Gasteiger partial charge in [-0.05, 0) is 61.4 Å². The molecule has 0 spiro atoms. The third-order valence-electron chi connectivity index (χ3n) is 5.53. The molecule has 0 saturated carbocycles. The minimum Gasteiger partial charge on any atom is -0.460 e. The van der Waals surface area contributed by atoms with Gasteiger partial charge in [0.05, 0.1) is 16.5 Å². The Morgan fingerprint density at radius 3 is 2.17 bits per heavy atom. The van der Waals surface area contributed by atoms with Crippen molar-refractivity contribution in [2.75, 3.05) is 6.54 Å². The van der Waals surface area contributed by atoms with E-state index in [2.05, 4.69) is 0 Å². The molecule has 0 fully saturated rings. The molecule has 0 unspecified atom stereocenters. The van der Waals surface area contributed by atoms with Gasteiger partial charge in [-0.3, -0.25) is 19.3 Å². The number of amides is 2. The van der Waals surface area contributed by atoms with Crippen molar-refractivity contribution in [2.45, 2.75) is 13.8 Å². The summed E-state index contributed by atoms with van der Waals surface area (Å²) >= 11 is 0. The molecule has 0 atom stereocenters. The molecule has 0 aliphatic carbocycles. The predicted octanol–water partition coefficient (Wildman–Crippen LogP) is 4.40. The zero-order chi connectivity index (χ0) is 24.7. The second kappa shape index (κ2) is 8.57. The fourth-order valence-electron chi connectivity index (χ4n) is 4.02. The highest BCUT2D eigenvalue weighted by Gasteiger charge is 2.36. The maximum atomic E-state index is 12.9. The zero-order valence-corrected chi connectivity index (χ0v) is 18.9. The standard InChI is InChI=1S/C27H19NO7/c1-15-9-16(2)11-18(10-15)34-23-14-33-22-12-17(7-8-21(22)25(23)30)35-24(29)13-28-26(31)19-5-3-4-6-20(19)27(28)32/h3-12,14H,13H2,1-2H3. The third kappa shape index (κ3) is 4.17. The number of nitrogens with zero attached hydrogens (tertiary/aromatic N) is 1. The molecule has 0 bridgehead atoms. The Morgan fingerprint density at radius 2 is 1.51 bits per heavy atom. The smallest absolute Gasteiger partial charge is 0.331 e. The molecule has 174 valence electrons. The lowest BCUT2D eigenvalue weighted by atomic mass is 10.1. The lowest BCUT2D eigenvalue weighted by Crippen LogP contribution is -2.36. The van der Waals surface area contributed by atoms with Crippen LogP contribution in [-0.2, 0) is 4.79 Å². The van der Waals surface area contributed by atoms with Crippen LogP contribution in [0.4, 0.5) is 0 Å². The number of hydrogen-bond acceptors (Lipinski definition) is 7. The summed E-state index contributed by atoms with van der Waals surface area (Å²) in [7, 11) is 0. The molecule has 8 heteroatoms. The van der Waals surface area contributed by atoms with Crippen LogP contribution in [-0.4, -0.2) is 29.2 Å². The Kier molecular flexibility index (Phi) is 5.41. The number of aryl methyl sites for hydroxylation is 2. The summed E-state index contributed by atoms with van der Waals surface area (Å²) in [6.07, 6.45) is 1.20. The maximum absolute atomic E-state index is 12.9. The first kappa shape index (κ1) is 22.1. The van der Waals surface area contributed by atoms with Gasteiger partial charge in [-0.15, -0.1) is 0 Å². The molecule has 1 aliphatic heterocycles. The van der Waals surface area contributed by atoms with Gasteiger partial charge in [0, 0.05) is 6.07 Å². The van der Waals surface area contributed by atoms with E-state index in [1.165, 1.54) is 36.6 Å². The molecule has 35 heavy (non-hydrogen) atoms. The van der Waals surface area contributed by atoms with Crippen molar-refractivity contribution in [3.05, 3.63) is 99.4 Å². The van der Waals surface area contributed by atoms with Gasteiger partial charge < -0.3 is 13.9 Å². The molecule has 5 rings (SSSR count). The number of hydrogen-bond donors (Lipinski definition) is 0. The van der Waals surface area contributed by atoms with Crippen molar-refractivity contribution < 1.29 is 28.3 Å². The quantitative estimate of drug-likeness (QED) is 0.242. The minimum absolute atomic E-state index is 0.0258. The largest absolute Gasteiger partial charge is 0.460 e. The molecule has 3 aromatic carbocycles. The highest BCUT2D eigenvalue weighted by molar-refractivity contribution is 6.22. The van der Waals surface area contributed by atoms with Crippen molar-refractivity contribution >= 4 is 28.8 Å². The van der Waals surface area contributed by atoms with Gasteiger partial charge in [-0.1, -0.05) is 18.2 Å². The van der Waals surface area contributed by atoms with Crippen molar-refractivity contribution in [1.82, 2.24) is 4.90 Å². The number of esters is 1. The van der Waals surface area contributed by atoms with E-state index in [-0.39, 0.29) is 39.0 Å². The highest BCUT2D eigenvalue weighted by atomic mass is 16.5. The third-order valence-corrected chi connectivity index (χ3v) is 5.53. The summed E-state index contributed by atoms with van der Waals surface area (Å²) in [6.45, 7) is 3.32. The van der Waals surface area contributed by atoms with Gasteiger partial charge in [0.2, 0.25) is 11.2 Å². The molecule has 8 nitrogen and oxygen atoms in total. The Balaban J connectivity index is 1.32. The predicted molar refractivity (Wildman–Crippen MR) is 126 cm³/mol. The van der Waals surface area contributed by atoms with Gasteiger partial charge in [-0.25, -0.2) is 4.79 Å². The Morgan fingerprint density at radius 1 is 0.857 bits per heavy atom. The van der Waals surface area contributed by atoms with Crippen LogP contribution in [0.15, 0.2) is 76.1 Å². The summed E-state index contributed by atoms with van der Waals surface area (Å²) < 4.78 is 16.6. The molecular weight excluding hydrogens is 450 g/mol. The highest BCUT2D eigenvalue weighted by Crippen LogP contribution is 2.26. The molecule has 0 saturated heterocycles. The fourth-order valence-corrected chi connectivity index (χ4v) is 4.02. The van der Waals surface area contributed by atoms with Crippen molar-refractivity contribution in [3.63, 3.8) is 0 Å². The summed E-state index contributed by atoms with van der Waals surface area (Å²) in [6, 6.07) is 16.3. The molecule has 1 aliphatic rings. The number of carbonyl (C=O) groups excluding carboxylic acids is 3. The number of rotatable bonds is 5. The fraction of sp³-hybridized carbons (Fsp3) is 0.111. The first-order valence-corrected chi connectivity index (χ1v) is 10.8. The van der Waals surface area contributed by atoms with Crippen LogP contribution in [0, 0.1) is 13.8 Å². The second-order valence-corrected chi connectivity index (χ2v) is 8.23. The molecular formula is C27H19NO7. The minimum atomic E-state index is -0.809. The normalized spacial score (nSPS) is 12.7. The van der Waals surface area contributed by atoms with E-state index < -0.39 is 24.3 Å². The Bertz CT molecular complexity index is 1530. The molecule has 0 radical (unpaired) electrons. The lowest BCUT2D eigenvalue weighted by molar-refractivity contribution is -0.134. The molecule has 4 aromatic rings. The van der Waals surface area contributed by atoms with Crippen LogP contribution in [0.1, 0.15) is 31.8 Å². The monoisotopic (exact) mass is 469 g/mol. The van der Waals surface area contributed by atoms with Crippen LogP contribution in [0.3, 0.4) is 0 Å². The number of ether oxygens (including phenoxy) is 2.